The van der Waals surface area contributed by atoms with Crippen LogP contribution in [0.4, 0.5) is 0 Å². The molecule has 3 aromatic rings. The highest BCUT2D eigenvalue weighted by Crippen LogP contribution is 2.22. The molecule has 4 rings (SSSR count). The van der Waals surface area contributed by atoms with Gasteiger partial charge in [0, 0.05) is 24.5 Å². The lowest BCUT2D eigenvalue weighted by molar-refractivity contribution is -0.134. The standard InChI is InChI=1S/C25H26N2O4/c1-18-15-23(19(2)27(18)16-22-9-6-14-30-22)25(29)31-17-24(28)26-12-10-21(11-13-26)20-7-4-3-5-8-20/h3-10,14-15H,11-13,16-17H2,1-2H3. The highest BCUT2D eigenvalue weighted by Gasteiger charge is 2.22. The van der Waals surface area contributed by atoms with Gasteiger partial charge in [0.1, 0.15) is 5.76 Å². The fourth-order valence-corrected chi connectivity index (χ4v) is 3.92. The number of benzene rings is 1. The summed E-state index contributed by atoms with van der Waals surface area (Å²) in [6.07, 6.45) is 4.49. The third-order valence-electron chi connectivity index (χ3n) is 5.72. The first-order chi connectivity index (χ1) is 15.0. The van der Waals surface area contributed by atoms with Gasteiger partial charge in [0.15, 0.2) is 6.61 Å². The van der Waals surface area contributed by atoms with Crippen LogP contribution in [-0.4, -0.2) is 41.0 Å². The minimum atomic E-state index is -0.482. The van der Waals surface area contributed by atoms with Crippen LogP contribution >= 0.6 is 0 Å². The third-order valence-corrected chi connectivity index (χ3v) is 5.72. The maximum absolute atomic E-state index is 12.6. The quantitative estimate of drug-likeness (QED) is 0.562. The molecule has 2 aromatic heterocycles. The SMILES string of the molecule is Cc1cc(C(=O)OCC(=O)N2CC=C(c3ccccc3)CC2)c(C)n1Cc1ccco1. The van der Waals surface area contributed by atoms with E-state index in [1.807, 2.05) is 48.7 Å². The zero-order valence-electron chi connectivity index (χ0n) is 17.8. The number of hydrogen-bond acceptors (Lipinski definition) is 4. The predicted molar refractivity (Wildman–Crippen MR) is 118 cm³/mol. The summed E-state index contributed by atoms with van der Waals surface area (Å²) >= 11 is 0. The van der Waals surface area contributed by atoms with Crippen LogP contribution in [0.3, 0.4) is 0 Å². The van der Waals surface area contributed by atoms with Crippen molar-refractivity contribution >= 4 is 17.4 Å². The van der Waals surface area contributed by atoms with E-state index in [1.165, 1.54) is 11.1 Å². The minimum absolute atomic E-state index is 0.180. The highest BCUT2D eigenvalue weighted by atomic mass is 16.5. The topological polar surface area (TPSA) is 64.7 Å². The fraction of sp³-hybridized carbons (Fsp3) is 0.280. The van der Waals surface area contributed by atoms with E-state index in [0.717, 1.165) is 23.6 Å². The Kier molecular flexibility index (Phi) is 6.07. The van der Waals surface area contributed by atoms with Crippen molar-refractivity contribution < 1.29 is 18.7 Å². The highest BCUT2D eigenvalue weighted by molar-refractivity contribution is 5.93. The summed E-state index contributed by atoms with van der Waals surface area (Å²) < 4.78 is 12.8. The first kappa shape index (κ1) is 20.7. The van der Waals surface area contributed by atoms with Gasteiger partial charge in [-0.15, -0.1) is 0 Å². The van der Waals surface area contributed by atoms with Crippen LogP contribution < -0.4 is 0 Å². The second kappa shape index (κ2) is 9.08. The number of carbonyl (C=O) groups excluding carboxylic acids is 2. The van der Waals surface area contributed by atoms with Crippen LogP contribution in [0.5, 0.6) is 0 Å². The number of hydrogen-bond donors (Lipinski definition) is 0. The average Bonchev–Trinajstić information content (AvgIpc) is 3.42. The van der Waals surface area contributed by atoms with Gasteiger partial charge >= 0.3 is 5.97 Å². The van der Waals surface area contributed by atoms with E-state index in [0.29, 0.717) is 25.2 Å². The summed E-state index contributed by atoms with van der Waals surface area (Å²) in [7, 11) is 0. The van der Waals surface area contributed by atoms with Gasteiger partial charge in [-0.25, -0.2) is 4.79 Å². The van der Waals surface area contributed by atoms with Crippen molar-refractivity contribution in [2.45, 2.75) is 26.8 Å². The van der Waals surface area contributed by atoms with Gasteiger partial charge in [0.05, 0.1) is 18.4 Å². The van der Waals surface area contributed by atoms with Crippen LogP contribution in [0.1, 0.15) is 39.5 Å². The Morgan fingerprint density at radius 1 is 1.10 bits per heavy atom. The van der Waals surface area contributed by atoms with Gasteiger partial charge in [0.25, 0.3) is 5.91 Å². The number of amides is 1. The molecule has 1 aliphatic rings. The first-order valence-electron chi connectivity index (χ1n) is 10.4. The molecule has 160 valence electrons. The summed E-state index contributed by atoms with van der Waals surface area (Å²) in [5.41, 5.74) is 4.62. The van der Waals surface area contributed by atoms with Gasteiger partial charge in [-0.05, 0) is 49.6 Å². The summed E-state index contributed by atoms with van der Waals surface area (Å²) in [4.78, 5) is 26.9. The van der Waals surface area contributed by atoms with Crippen LogP contribution in [0, 0.1) is 13.8 Å². The monoisotopic (exact) mass is 418 g/mol. The normalized spacial score (nSPS) is 13.7. The van der Waals surface area contributed by atoms with Crippen molar-refractivity contribution in [3.8, 4) is 0 Å². The van der Waals surface area contributed by atoms with E-state index in [4.69, 9.17) is 9.15 Å². The third kappa shape index (κ3) is 4.63. The molecule has 0 saturated heterocycles. The molecule has 0 saturated carbocycles. The lowest BCUT2D eigenvalue weighted by atomic mass is 10.00. The molecule has 1 aliphatic heterocycles. The number of rotatable bonds is 6. The Morgan fingerprint density at radius 3 is 2.58 bits per heavy atom. The van der Waals surface area contributed by atoms with E-state index in [1.54, 1.807) is 17.2 Å². The maximum Gasteiger partial charge on any atom is 0.340 e. The summed E-state index contributed by atoms with van der Waals surface area (Å²) in [5, 5.41) is 0. The van der Waals surface area contributed by atoms with Crippen molar-refractivity contribution in [1.29, 1.82) is 0 Å². The molecule has 0 fully saturated rings. The van der Waals surface area contributed by atoms with Gasteiger partial charge in [-0.2, -0.15) is 0 Å². The van der Waals surface area contributed by atoms with Gasteiger partial charge in [-0.3, -0.25) is 4.79 Å². The lowest BCUT2D eigenvalue weighted by Crippen LogP contribution is -2.37. The number of ether oxygens (including phenoxy) is 1. The first-order valence-corrected chi connectivity index (χ1v) is 10.4. The molecule has 0 radical (unpaired) electrons. The average molecular weight is 418 g/mol. The van der Waals surface area contributed by atoms with Crippen LogP contribution in [-0.2, 0) is 16.1 Å². The van der Waals surface area contributed by atoms with Gasteiger partial charge < -0.3 is 18.6 Å². The zero-order valence-corrected chi connectivity index (χ0v) is 17.8. The second-order valence-electron chi connectivity index (χ2n) is 7.71. The Morgan fingerprint density at radius 2 is 1.90 bits per heavy atom. The van der Waals surface area contributed by atoms with Crippen LogP contribution in [0.15, 0.2) is 65.3 Å². The van der Waals surface area contributed by atoms with Crippen molar-refractivity contribution in [2.75, 3.05) is 19.7 Å². The van der Waals surface area contributed by atoms with Gasteiger partial charge in [0.2, 0.25) is 0 Å². The molecular weight excluding hydrogens is 392 g/mol. The van der Waals surface area contributed by atoms with E-state index < -0.39 is 5.97 Å². The largest absolute Gasteiger partial charge is 0.467 e. The molecule has 6 nitrogen and oxygen atoms in total. The molecule has 0 atom stereocenters. The molecule has 1 aromatic carbocycles. The molecule has 0 bridgehead atoms. The number of furan rings is 1. The van der Waals surface area contributed by atoms with Crippen molar-refractivity contribution in [3.05, 3.63) is 89.1 Å². The molecule has 31 heavy (non-hydrogen) atoms. The van der Waals surface area contributed by atoms with Crippen LogP contribution in [0.2, 0.25) is 0 Å². The smallest absolute Gasteiger partial charge is 0.340 e. The summed E-state index contributed by atoms with van der Waals surface area (Å²) in [5.74, 6) is 0.149. The second-order valence-corrected chi connectivity index (χ2v) is 7.71. The number of aromatic nitrogens is 1. The number of esters is 1. The molecule has 0 spiro atoms. The van der Waals surface area contributed by atoms with Crippen molar-refractivity contribution in [1.82, 2.24) is 9.47 Å². The molecule has 0 unspecified atom stereocenters. The Balaban J connectivity index is 1.34. The molecular formula is C25H26N2O4. The number of nitrogens with zero attached hydrogens (tertiary/aromatic N) is 2. The Labute approximate surface area is 181 Å². The van der Waals surface area contributed by atoms with E-state index in [-0.39, 0.29) is 12.5 Å². The summed E-state index contributed by atoms with van der Waals surface area (Å²) in [6, 6.07) is 15.7. The molecule has 6 heteroatoms. The maximum atomic E-state index is 12.6. The van der Waals surface area contributed by atoms with Gasteiger partial charge in [-0.1, -0.05) is 36.4 Å². The fourth-order valence-electron chi connectivity index (χ4n) is 3.92. The lowest BCUT2D eigenvalue weighted by Gasteiger charge is -2.26. The number of aryl methyl sites for hydroxylation is 1. The van der Waals surface area contributed by atoms with E-state index in [9.17, 15) is 9.59 Å². The minimum Gasteiger partial charge on any atom is -0.467 e. The number of carbonyl (C=O) groups is 2. The molecule has 0 aliphatic carbocycles. The van der Waals surface area contributed by atoms with Crippen molar-refractivity contribution in [2.24, 2.45) is 0 Å². The summed E-state index contributed by atoms with van der Waals surface area (Å²) in [6.45, 7) is 5.24. The Hall–Kier alpha value is -3.54. The van der Waals surface area contributed by atoms with Crippen molar-refractivity contribution in [3.63, 3.8) is 0 Å². The Bertz CT molecular complexity index is 1090. The molecule has 1 amide bonds. The zero-order chi connectivity index (χ0) is 21.8. The van der Waals surface area contributed by atoms with Crippen LogP contribution in [0.25, 0.3) is 5.57 Å². The van der Waals surface area contributed by atoms with E-state index >= 15 is 0 Å². The van der Waals surface area contributed by atoms with E-state index in [2.05, 4.69) is 18.2 Å². The predicted octanol–water partition coefficient (Wildman–Crippen LogP) is 4.22. The molecule has 3 heterocycles. The molecule has 0 N–H and O–H groups in total.